The molecule has 3 heteroatoms. The molecule has 19 heavy (non-hydrogen) atoms. The van der Waals surface area contributed by atoms with Gasteiger partial charge in [0.1, 0.15) is 6.10 Å². The van der Waals surface area contributed by atoms with Crippen LogP contribution in [0.15, 0.2) is 30.3 Å². The van der Waals surface area contributed by atoms with E-state index in [1.54, 1.807) is 0 Å². The molecule has 1 rings (SSSR count). The second-order valence-electron chi connectivity index (χ2n) is 5.21. The van der Waals surface area contributed by atoms with Crippen LogP contribution in [-0.2, 0) is 16.1 Å². The monoisotopic (exact) mass is 266 g/mol. The Morgan fingerprint density at radius 3 is 2.53 bits per heavy atom. The largest absolute Gasteiger partial charge is 0.394 e. The summed E-state index contributed by atoms with van der Waals surface area (Å²) in [7, 11) is 0. The second-order valence-corrected chi connectivity index (χ2v) is 5.21. The Kier molecular flexibility index (Phi) is 8.47. The van der Waals surface area contributed by atoms with E-state index in [0.29, 0.717) is 25.7 Å². The minimum atomic E-state index is -0.212. The summed E-state index contributed by atoms with van der Waals surface area (Å²) in [5, 5.41) is 9.23. The van der Waals surface area contributed by atoms with Crippen molar-refractivity contribution in [3.05, 3.63) is 35.9 Å². The Labute approximate surface area is 116 Å². The van der Waals surface area contributed by atoms with E-state index in [9.17, 15) is 5.11 Å². The molecule has 1 aromatic rings. The minimum absolute atomic E-state index is 0.0104. The molecule has 0 spiro atoms. The Balaban J connectivity index is 2.11. The van der Waals surface area contributed by atoms with Crippen LogP contribution in [0.4, 0.5) is 0 Å². The Hall–Kier alpha value is -0.900. The standard InChI is InChI=1S/C16H26O3/c1-14(2)7-6-10-19-16(11-17)13-18-12-15-8-4-3-5-9-15/h3-5,8-9,14,16-17H,6-7,10-13H2,1-2H3. The Morgan fingerprint density at radius 1 is 1.16 bits per heavy atom. The van der Waals surface area contributed by atoms with Crippen molar-refractivity contribution in [2.75, 3.05) is 19.8 Å². The first-order chi connectivity index (χ1) is 9.22. The van der Waals surface area contributed by atoms with E-state index < -0.39 is 0 Å². The van der Waals surface area contributed by atoms with E-state index in [0.717, 1.165) is 18.4 Å². The average Bonchev–Trinajstić information content (AvgIpc) is 2.42. The first-order valence-electron chi connectivity index (χ1n) is 7.06. The first-order valence-corrected chi connectivity index (χ1v) is 7.06. The molecule has 0 bridgehead atoms. The van der Waals surface area contributed by atoms with E-state index in [2.05, 4.69) is 13.8 Å². The molecular weight excluding hydrogens is 240 g/mol. The summed E-state index contributed by atoms with van der Waals surface area (Å²) in [6, 6.07) is 10.0. The van der Waals surface area contributed by atoms with Crippen molar-refractivity contribution < 1.29 is 14.6 Å². The molecule has 1 atom stereocenters. The molecule has 0 saturated heterocycles. The van der Waals surface area contributed by atoms with Gasteiger partial charge in [0.2, 0.25) is 0 Å². The summed E-state index contributed by atoms with van der Waals surface area (Å²) in [5.74, 6) is 0.700. The van der Waals surface area contributed by atoms with Crippen LogP contribution in [0, 0.1) is 5.92 Å². The van der Waals surface area contributed by atoms with Gasteiger partial charge in [0.25, 0.3) is 0 Å². The Morgan fingerprint density at radius 2 is 1.89 bits per heavy atom. The van der Waals surface area contributed by atoms with Crippen molar-refractivity contribution in [3.63, 3.8) is 0 Å². The number of rotatable bonds is 10. The summed E-state index contributed by atoms with van der Waals surface area (Å²) in [5.41, 5.74) is 1.14. The van der Waals surface area contributed by atoms with Crippen LogP contribution in [0.3, 0.4) is 0 Å². The van der Waals surface area contributed by atoms with Gasteiger partial charge in [-0.3, -0.25) is 0 Å². The number of benzene rings is 1. The smallest absolute Gasteiger partial charge is 0.104 e. The molecule has 108 valence electrons. The number of aliphatic hydroxyl groups is 1. The molecular formula is C16H26O3. The van der Waals surface area contributed by atoms with Gasteiger partial charge in [-0.25, -0.2) is 0 Å². The van der Waals surface area contributed by atoms with Crippen LogP contribution < -0.4 is 0 Å². The van der Waals surface area contributed by atoms with Crippen molar-refractivity contribution in [2.24, 2.45) is 5.92 Å². The third-order valence-electron chi connectivity index (χ3n) is 2.90. The second kappa shape index (κ2) is 9.96. The van der Waals surface area contributed by atoms with Crippen molar-refractivity contribution in [2.45, 2.75) is 39.4 Å². The minimum Gasteiger partial charge on any atom is -0.394 e. The van der Waals surface area contributed by atoms with Crippen LogP contribution in [0.1, 0.15) is 32.3 Å². The highest BCUT2D eigenvalue weighted by molar-refractivity contribution is 5.13. The third-order valence-corrected chi connectivity index (χ3v) is 2.90. The van der Waals surface area contributed by atoms with Gasteiger partial charge in [-0.1, -0.05) is 44.2 Å². The van der Waals surface area contributed by atoms with Crippen LogP contribution in [0.5, 0.6) is 0 Å². The zero-order valence-electron chi connectivity index (χ0n) is 12.0. The highest BCUT2D eigenvalue weighted by Crippen LogP contribution is 2.06. The molecule has 0 aromatic heterocycles. The van der Waals surface area contributed by atoms with E-state index in [4.69, 9.17) is 9.47 Å². The van der Waals surface area contributed by atoms with Gasteiger partial charge >= 0.3 is 0 Å². The van der Waals surface area contributed by atoms with E-state index in [1.165, 1.54) is 0 Å². The van der Waals surface area contributed by atoms with Gasteiger partial charge < -0.3 is 14.6 Å². The molecule has 0 radical (unpaired) electrons. The molecule has 0 amide bonds. The SMILES string of the molecule is CC(C)CCCOC(CO)COCc1ccccc1. The fourth-order valence-electron chi connectivity index (χ4n) is 1.78. The zero-order chi connectivity index (χ0) is 13.9. The summed E-state index contributed by atoms with van der Waals surface area (Å²) in [4.78, 5) is 0. The fraction of sp³-hybridized carbons (Fsp3) is 0.625. The van der Waals surface area contributed by atoms with Gasteiger partial charge in [0.05, 0.1) is 19.8 Å². The molecule has 3 nitrogen and oxygen atoms in total. The lowest BCUT2D eigenvalue weighted by atomic mass is 10.1. The number of ether oxygens (including phenoxy) is 2. The molecule has 0 saturated carbocycles. The summed E-state index contributed by atoms with van der Waals surface area (Å²) >= 11 is 0. The van der Waals surface area contributed by atoms with Crippen molar-refractivity contribution in [3.8, 4) is 0 Å². The van der Waals surface area contributed by atoms with Crippen LogP contribution >= 0.6 is 0 Å². The Bertz CT molecular complexity index is 311. The normalized spacial score (nSPS) is 12.8. The maximum absolute atomic E-state index is 9.23. The van der Waals surface area contributed by atoms with Crippen LogP contribution in [-0.4, -0.2) is 31.0 Å². The molecule has 1 aromatic carbocycles. The summed E-state index contributed by atoms with van der Waals surface area (Å²) < 4.78 is 11.2. The molecule has 0 aliphatic carbocycles. The average molecular weight is 266 g/mol. The summed E-state index contributed by atoms with van der Waals surface area (Å²) in [6.07, 6.45) is 1.98. The molecule has 0 aliphatic rings. The van der Waals surface area contributed by atoms with Crippen molar-refractivity contribution in [1.82, 2.24) is 0 Å². The molecule has 0 heterocycles. The number of hydrogen-bond donors (Lipinski definition) is 1. The van der Waals surface area contributed by atoms with Gasteiger partial charge in [-0.15, -0.1) is 0 Å². The van der Waals surface area contributed by atoms with Crippen molar-refractivity contribution >= 4 is 0 Å². The lowest BCUT2D eigenvalue weighted by Crippen LogP contribution is -2.24. The quantitative estimate of drug-likeness (QED) is 0.662. The zero-order valence-corrected chi connectivity index (χ0v) is 12.0. The highest BCUT2D eigenvalue weighted by atomic mass is 16.5. The predicted molar refractivity (Wildman–Crippen MR) is 77.0 cm³/mol. The van der Waals surface area contributed by atoms with E-state index in [-0.39, 0.29) is 12.7 Å². The number of aliphatic hydroxyl groups excluding tert-OH is 1. The molecule has 1 N–H and O–H groups in total. The third kappa shape index (κ3) is 7.98. The van der Waals surface area contributed by atoms with E-state index in [1.807, 2.05) is 30.3 Å². The van der Waals surface area contributed by atoms with Crippen LogP contribution in [0.25, 0.3) is 0 Å². The lowest BCUT2D eigenvalue weighted by molar-refractivity contribution is -0.0476. The summed E-state index contributed by atoms with van der Waals surface area (Å²) in [6.45, 7) is 6.10. The predicted octanol–water partition coefficient (Wildman–Crippen LogP) is 3.02. The molecule has 1 unspecified atom stereocenters. The fourth-order valence-corrected chi connectivity index (χ4v) is 1.78. The molecule has 0 fully saturated rings. The van der Waals surface area contributed by atoms with Gasteiger partial charge in [0, 0.05) is 6.61 Å². The maximum atomic E-state index is 9.23. The van der Waals surface area contributed by atoms with Gasteiger partial charge in [-0.05, 0) is 24.3 Å². The topological polar surface area (TPSA) is 38.7 Å². The maximum Gasteiger partial charge on any atom is 0.104 e. The lowest BCUT2D eigenvalue weighted by Gasteiger charge is -2.16. The van der Waals surface area contributed by atoms with E-state index >= 15 is 0 Å². The van der Waals surface area contributed by atoms with Gasteiger partial charge in [-0.2, -0.15) is 0 Å². The first kappa shape index (κ1) is 16.2. The molecule has 0 aliphatic heterocycles. The number of hydrogen-bond acceptors (Lipinski definition) is 3. The van der Waals surface area contributed by atoms with Crippen LogP contribution in [0.2, 0.25) is 0 Å². The van der Waals surface area contributed by atoms with Gasteiger partial charge in [0.15, 0.2) is 0 Å². The van der Waals surface area contributed by atoms with Crippen molar-refractivity contribution in [1.29, 1.82) is 0 Å². The highest BCUT2D eigenvalue weighted by Gasteiger charge is 2.08.